The molecule has 0 aliphatic rings. The Bertz CT molecular complexity index is 297. The third kappa shape index (κ3) is 4.26. The van der Waals surface area contributed by atoms with Gasteiger partial charge in [-0.2, -0.15) is 17.7 Å². The zero-order valence-electron chi connectivity index (χ0n) is 9.59. The molecule has 86 valence electrons. The quantitative estimate of drug-likeness (QED) is 0.754. The van der Waals surface area contributed by atoms with Crippen molar-refractivity contribution in [3.63, 3.8) is 0 Å². The molecular formula is C11H20N2OS. The fraction of sp³-hybridized carbons (Fsp3) is 0.727. The summed E-state index contributed by atoms with van der Waals surface area (Å²) in [6.07, 6.45) is 4.42. The van der Waals surface area contributed by atoms with Crippen molar-refractivity contribution in [1.29, 1.82) is 0 Å². The molecule has 0 amide bonds. The van der Waals surface area contributed by atoms with Crippen LogP contribution < -0.4 is 0 Å². The van der Waals surface area contributed by atoms with Crippen LogP contribution in [0.5, 0.6) is 0 Å². The Kier molecular flexibility index (Phi) is 4.67. The molecule has 3 nitrogen and oxygen atoms in total. The van der Waals surface area contributed by atoms with Crippen LogP contribution in [-0.4, -0.2) is 26.2 Å². The molecule has 15 heavy (non-hydrogen) atoms. The van der Waals surface area contributed by atoms with Gasteiger partial charge in [-0.1, -0.05) is 20.8 Å². The molecule has 0 aliphatic heterocycles. The van der Waals surface area contributed by atoms with E-state index in [1.165, 1.54) is 5.56 Å². The smallest absolute Gasteiger partial charge is 0.0758 e. The molecule has 1 aromatic heterocycles. The number of hydrogen-bond donors (Lipinski definition) is 2. The summed E-state index contributed by atoms with van der Waals surface area (Å²) in [5.41, 5.74) is 1.17. The van der Waals surface area contributed by atoms with Crippen molar-refractivity contribution in [2.24, 2.45) is 5.92 Å². The van der Waals surface area contributed by atoms with E-state index in [1.807, 2.05) is 26.2 Å². The van der Waals surface area contributed by atoms with Gasteiger partial charge in [-0.15, -0.1) is 0 Å². The van der Waals surface area contributed by atoms with Gasteiger partial charge in [0.1, 0.15) is 0 Å². The van der Waals surface area contributed by atoms with Gasteiger partial charge in [0, 0.05) is 11.4 Å². The van der Waals surface area contributed by atoms with Crippen molar-refractivity contribution in [2.45, 2.75) is 45.1 Å². The Morgan fingerprint density at radius 2 is 2.13 bits per heavy atom. The molecule has 1 heterocycles. The van der Waals surface area contributed by atoms with Crippen LogP contribution in [0.4, 0.5) is 0 Å². The highest BCUT2D eigenvalue weighted by Crippen LogP contribution is 2.08. The molecular weight excluding hydrogens is 208 g/mol. The van der Waals surface area contributed by atoms with Crippen molar-refractivity contribution in [1.82, 2.24) is 9.78 Å². The lowest BCUT2D eigenvalue weighted by Crippen LogP contribution is -2.21. The first kappa shape index (κ1) is 12.6. The maximum Gasteiger partial charge on any atom is 0.0758 e. The third-order valence-corrected chi connectivity index (χ3v) is 2.54. The molecule has 4 heteroatoms. The van der Waals surface area contributed by atoms with E-state index in [4.69, 9.17) is 0 Å². The van der Waals surface area contributed by atoms with Crippen LogP contribution in [0.25, 0.3) is 0 Å². The number of thiol groups is 1. The molecule has 0 saturated heterocycles. The molecule has 0 spiro atoms. The predicted octanol–water partition coefficient (Wildman–Crippen LogP) is 1.76. The third-order valence-electron chi connectivity index (χ3n) is 2.36. The summed E-state index contributed by atoms with van der Waals surface area (Å²) in [5.74, 6) is 0.265. The first-order valence-corrected chi connectivity index (χ1v) is 5.88. The minimum atomic E-state index is -0.328. The average molecular weight is 228 g/mol. The first-order chi connectivity index (χ1) is 6.99. The summed E-state index contributed by atoms with van der Waals surface area (Å²) >= 11 is 4.33. The van der Waals surface area contributed by atoms with Crippen molar-refractivity contribution in [3.8, 4) is 0 Å². The van der Waals surface area contributed by atoms with Crippen molar-refractivity contribution in [2.75, 3.05) is 0 Å². The van der Waals surface area contributed by atoms with Gasteiger partial charge in [0.05, 0.1) is 18.8 Å². The molecule has 1 N–H and O–H groups in total. The maximum atomic E-state index is 9.70. The second-order valence-corrected chi connectivity index (χ2v) is 5.32. The van der Waals surface area contributed by atoms with E-state index >= 15 is 0 Å². The molecule has 0 bridgehead atoms. The Labute approximate surface area is 96.9 Å². The molecule has 1 aromatic rings. The average Bonchev–Trinajstić information content (AvgIpc) is 2.51. The van der Waals surface area contributed by atoms with Gasteiger partial charge in [-0.25, -0.2) is 0 Å². The van der Waals surface area contributed by atoms with E-state index in [9.17, 15) is 5.11 Å². The van der Waals surface area contributed by atoms with Crippen molar-refractivity contribution >= 4 is 12.6 Å². The second-order valence-electron chi connectivity index (χ2n) is 4.44. The molecule has 0 fully saturated rings. The van der Waals surface area contributed by atoms with Gasteiger partial charge >= 0.3 is 0 Å². The van der Waals surface area contributed by atoms with E-state index < -0.39 is 0 Å². The number of nitrogens with zero attached hydrogens (tertiary/aromatic N) is 2. The number of aromatic nitrogens is 2. The normalized spacial score (nSPS) is 15.6. The molecule has 2 atom stereocenters. The molecule has 0 aromatic carbocycles. The van der Waals surface area contributed by atoms with Gasteiger partial charge in [0.15, 0.2) is 0 Å². The van der Waals surface area contributed by atoms with Crippen LogP contribution in [-0.2, 0) is 13.0 Å². The lowest BCUT2D eigenvalue weighted by molar-refractivity contribution is 0.103. The fourth-order valence-electron chi connectivity index (χ4n) is 1.36. The predicted molar refractivity (Wildman–Crippen MR) is 65.2 cm³/mol. The van der Waals surface area contributed by atoms with Gasteiger partial charge in [-0.3, -0.25) is 4.68 Å². The lowest BCUT2D eigenvalue weighted by Gasteiger charge is -2.13. The highest BCUT2D eigenvalue weighted by molar-refractivity contribution is 7.80. The Morgan fingerprint density at radius 3 is 2.67 bits per heavy atom. The van der Waals surface area contributed by atoms with Gasteiger partial charge in [-0.05, 0) is 17.9 Å². The van der Waals surface area contributed by atoms with Crippen LogP contribution in [0.3, 0.4) is 0 Å². The van der Waals surface area contributed by atoms with Crippen LogP contribution in [0.15, 0.2) is 12.4 Å². The van der Waals surface area contributed by atoms with E-state index in [1.54, 1.807) is 4.68 Å². The van der Waals surface area contributed by atoms with E-state index in [-0.39, 0.29) is 12.0 Å². The second kappa shape index (κ2) is 5.56. The summed E-state index contributed by atoms with van der Waals surface area (Å²) in [5, 5.41) is 14.3. The summed E-state index contributed by atoms with van der Waals surface area (Å²) < 4.78 is 1.80. The summed E-state index contributed by atoms with van der Waals surface area (Å²) in [7, 11) is 0. The Hall–Kier alpha value is -0.480. The SMILES string of the molecule is CC(S)Cc1cnn(C[C@@H](O)C(C)C)c1. The topological polar surface area (TPSA) is 38.0 Å². The monoisotopic (exact) mass is 228 g/mol. The number of rotatable bonds is 5. The molecule has 0 aliphatic carbocycles. The zero-order valence-corrected chi connectivity index (χ0v) is 10.5. The zero-order chi connectivity index (χ0) is 11.4. The summed E-state index contributed by atoms with van der Waals surface area (Å²) in [6.45, 7) is 6.64. The molecule has 0 saturated carbocycles. The van der Waals surface area contributed by atoms with Crippen molar-refractivity contribution < 1.29 is 5.11 Å². The van der Waals surface area contributed by atoms with Crippen LogP contribution >= 0.6 is 12.6 Å². The number of hydrogen-bond acceptors (Lipinski definition) is 3. The van der Waals surface area contributed by atoms with Crippen LogP contribution in [0.1, 0.15) is 26.3 Å². The number of aliphatic hydroxyl groups is 1. The van der Waals surface area contributed by atoms with Gasteiger partial charge in [0.25, 0.3) is 0 Å². The Morgan fingerprint density at radius 1 is 1.47 bits per heavy atom. The lowest BCUT2D eigenvalue weighted by atomic mass is 10.1. The minimum Gasteiger partial charge on any atom is -0.391 e. The van der Waals surface area contributed by atoms with Crippen LogP contribution in [0.2, 0.25) is 0 Å². The summed E-state index contributed by atoms with van der Waals surface area (Å²) in [6, 6.07) is 0. The van der Waals surface area contributed by atoms with Gasteiger partial charge in [0.2, 0.25) is 0 Å². The van der Waals surface area contributed by atoms with E-state index in [2.05, 4.69) is 24.7 Å². The minimum absolute atomic E-state index is 0.265. The highest BCUT2D eigenvalue weighted by Gasteiger charge is 2.10. The summed E-state index contributed by atoms with van der Waals surface area (Å²) in [4.78, 5) is 0. The standard InChI is InChI=1S/C11H20N2OS/c1-8(2)11(14)7-13-6-10(5-12-13)4-9(3)15/h5-6,8-9,11,14-15H,4,7H2,1-3H3/t9?,11-/m1/s1. The molecule has 0 radical (unpaired) electrons. The highest BCUT2D eigenvalue weighted by atomic mass is 32.1. The fourth-order valence-corrected chi connectivity index (χ4v) is 1.57. The molecule has 1 rings (SSSR count). The number of aliphatic hydroxyl groups excluding tert-OH is 1. The first-order valence-electron chi connectivity index (χ1n) is 5.36. The Balaban J connectivity index is 2.53. The molecule has 1 unspecified atom stereocenters. The van der Waals surface area contributed by atoms with Crippen molar-refractivity contribution in [3.05, 3.63) is 18.0 Å². The van der Waals surface area contributed by atoms with Gasteiger partial charge < -0.3 is 5.11 Å². The van der Waals surface area contributed by atoms with Crippen LogP contribution in [0, 0.1) is 5.92 Å². The van der Waals surface area contributed by atoms with E-state index in [0.29, 0.717) is 11.8 Å². The van der Waals surface area contributed by atoms with E-state index in [0.717, 1.165) is 6.42 Å². The largest absolute Gasteiger partial charge is 0.391 e. The maximum absolute atomic E-state index is 9.70.